The van der Waals surface area contributed by atoms with Gasteiger partial charge >= 0.3 is 0 Å². The molecule has 44 heavy (non-hydrogen) atoms. The zero-order valence-corrected chi connectivity index (χ0v) is 25.4. The molecule has 8 rings (SSSR count). The van der Waals surface area contributed by atoms with E-state index in [-0.39, 0.29) is 0 Å². The molecular formula is C41H33NO2. The van der Waals surface area contributed by atoms with Gasteiger partial charge in [-0.15, -0.1) is 0 Å². The molecule has 0 amide bonds. The summed E-state index contributed by atoms with van der Waals surface area (Å²) in [4.78, 5) is 5.04. The molecular weight excluding hydrogens is 538 g/mol. The smallest absolute Gasteiger partial charge is 0.231 e. The standard InChI is InChI=1S/C41H33NO2/c1-24(2)33-22-28(26-12-6-5-7-13-26)23-34(25(3)4)37(33)30-17-11-19-35-40(30)44-41(42-35)32-18-10-16-31-38-29-15-9-8-14-27(29)20-21-36(38)43-39(31)32/h5-25H,1-4H3. The maximum Gasteiger partial charge on any atom is 0.231 e. The van der Waals surface area contributed by atoms with Crippen molar-refractivity contribution < 1.29 is 8.83 Å². The SMILES string of the molecule is CC(C)c1cc(-c2ccccc2)cc(C(C)C)c1-c1cccc2nc(-c3cccc4c3oc3ccc5ccccc5c34)oc12. The normalized spacial score (nSPS) is 12.0. The third-order valence-corrected chi connectivity index (χ3v) is 8.85. The number of aromatic nitrogens is 1. The maximum absolute atomic E-state index is 6.74. The number of hydrogen-bond acceptors (Lipinski definition) is 3. The van der Waals surface area contributed by atoms with Gasteiger partial charge in [-0.25, -0.2) is 4.98 Å². The van der Waals surface area contributed by atoms with Gasteiger partial charge in [-0.1, -0.05) is 125 Å². The maximum atomic E-state index is 6.74. The van der Waals surface area contributed by atoms with Gasteiger partial charge < -0.3 is 8.83 Å². The highest BCUT2D eigenvalue weighted by Crippen LogP contribution is 2.44. The topological polar surface area (TPSA) is 39.2 Å². The van der Waals surface area contributed by atoms with Crippen LogP contribution in [0, 0.1) is 0 Å². The van der Waals surface area contributed by atoms with Crippen molar-refractivity contribution in [1.82, 2.24) is 4.98 Å². The molecule has 0 aliphatic rings. The molecule has 0 bridgehead atoms. The number of hydrogen-bond donors (Lipinski definition) is 0. The molecule has 3 nitrogen and oxygen atoms in total. The lowest BCUT2D eigenvalue weighted by atomic mass is 9.82. The van der Waals surface area contributed by atoms with Crippen LogP contribution >= 0.6 is 0 Å². The summed E-state index contributed by atoms with van der Waals surface area (Å²) in [5, 5.41) is 4.57. The van der Waals surface area contributed by atoms with Crippen molar-refractivity contribution in [3.63, 3.8) is 0 Å². The molecule has 0 spiro atoms. The van der Waals surface area contributed by atoms with Crippen LogP contribution in [0.25, 0.3) is 77.5 Å². The average molecular weight is 572 g/mol. The highest BCUT2D eigenvalue weighted by Gasteiger charge is 2.23. The van der Waals surface area contributed by atoms with E-state index < -0.39 is 0 Å². The second-order valence-electron chi connectivity index (χ2n) is 12.3. The highest BCUT2D eigenvalue weighted by molar-refractivity contribution is 6.20. The van der Waals surface area contributed by atoms with Gasteiger partial charge in [0.25, 0.3) is 0 Å². The lowest BCUT2D eigenvalue weighted by Gasteiger charge is -2.22. The first-order valence-corrected chi connectivity index (χ1v) is 15.4. The van der Waals surface area contributed by atoms with Crippen LogP contribution in [-0.2, 0) is 0 Å². The van der Waals surface area contributed by atoms with E-state index in [1.165, 1.54) is 38.6 Å². The molecule has 0 aliphatic heterocycles. The van der Waals surface area contributed by atoms with Crippen molar-refractivity contribution in [3.8, 4) is 33.7 Å². The Labute approximate surface area is 256 Å². The van der Waals surface area contributed by atoms with Crippen molar-refractivity contribution in [1.29, 1.82) is 0 Å². The van der Waals surface area contributed by atoms with Crippen LogP contribution in [0.5, 0.6) is 0 Å². The van der Waals surface area contributed by atoms with Gasteiger partial charge in [0.1, 0.15) is 16.7 Å². The quantitative estimate of drug-likeness (QED) is 0.206. The number of benzene rings is 6. The summed E-state index contributed by atoms with van der Waals surface area (Å²) in [6.45, 7) is 9.09. The predicted molar refractivity (Wildman–Crippen MR) is 183 cm³/mol. The number of para-hydroxylation sites is 2. The van der Waals surface area contributed by atoms with Gasteiger partial charge in [0, 0.05) is 16.3 Å². The fourth-order valence-electron chi connectivity index (χ4n) is 6.70. The van der Waals surface area contributed by atoms with Crippen molar-refractivity contribution in [2.45, 2.75) is 39.5 Å². The van der Waals surface area contributed by atoms with Crippen molar-refractivity contribution in [2.75, 3.05) is 0 Å². The van der Waals surface area contributed by atoms with Crippen LogP contribution in [0.2, 0.25) is 0 Å². The van der Waals surface area contributed by atoms with E-state index >= 15 is 0 Å². The van der Waals surface area contributed by atoms with E-state index in [0.717, 1.165) is 44.2 Å². The number of rotatable bonds is 5. The summed E-state index contributed by atoms with van der Waals surface area (Å²) in [7, 11) is 0. The van der Waals surface area contributed by atoms with E-state index in [2.05, 4.69) is 131 Å². The monoisotopic (exact) mass is 571 g/mol. The Morgan fingerprint density at radius 2 is 1.23 bits per heavy atom. The highest BCUT2D eigenvalue weighted by atomic mass is 16.4. The second-order valence-corrected chi connectivity index (χ2v) is 12.3. The number of fused-ring (bicyclic) bond motifs is 6. The Bertz CT molecular complexity index is 2310. The van der Waals surface area contributed by atoms with Gasteiger partial charge in [-0.2, -0.15) is 0 Å². The third kappa shape index (κ3) is 4.15. The average Bonchev–Trinajstić information content (AvgIpc) is 3.66. The molecule has 2 heterocycles. The van der Waals surface area contributed by atoms with E-state index in [9.17, 15) is 0 Å². The van der Waals surface area contributed by atoms with Gasteiger partial charge in [0.2, 0.25) is 5.89 Å². The molecule has 0 aliphatic carbocycles. The minimum absolute atomic E-state index is 0.322. The number of nitrogens with zero attached hydrogens (tertiary/aromatic N) is 1. The van der Waals surface area contributed by atoms with Crippen molar-refractivity contribution in [3.05, 3.63) is 126 Å². The summed E-state index contributed by atoms with van der Waals surface area (Å²) in [5.41, 5.74) is 11.6. The van der Waals surface area contributed by atoms with E-state index in [1.807, 2.05) is 12.1 Å². The molecule has 0 N–H and O–H groups in total. The predicted octanol–water partition coefficient (Wildman–Crippen LogP) is 12.1. The van der Waals surface area contributed by atoms with Crippen LogP contribution in [0.4, 0.5) is 0 Å². The Morgan fingerprint density at radius 1 is 0.545 bits per heavy atom. The molecule has 8 aromatic rings. The first-order valence-electron chi connectivity index (χ1n) is 15.4. The Hall–Kier alpha value is -5.15. The van der Waals surface area contributed by atoms with Crippen LogP contribution < -0.4 is 0 Å². The summed E-state index contributed by atoms with van der Waals surface area (Å²) in [6.07, 6.45) is 0. The molecule has 6 aromatic carbocycles. The van der Waals surface area contributed by atoms with Crippen LogP contribution in [0.15, 0.2) is 124 Å². The number of oxazole rings is 1. The largest absolute Gasteiger partial charge is 0.455 e. The molecule has 0 atom stereocenters. The molecule has 3 heteroatoms. The summed E-state index contributed by atoms with van der Waals surface area (Å²) in [6, 6.07) is 40.6. The fourth-order valence-corrected chi connectivity index (χ4v) is 6.70. The zero-order chi connectivity index (χ0) is 29.9. The lowest BCUT2D eigenvalue weighted by molar-refractivity contribution is 0.616. The molecule has 2 aromatic heterocycles. The van der Waals surface area contributed by atoms with E-state index in [1.54, 1.807) is 0 Å². The Kier molecular flexibility index (Phi) is 6.16. The van der Waals surface area contributed by atoms with Crippen molar-refractivity contribution >= 4 is 43.8 Å². The summed E-state index contributed by atoms with van der Waals surface area (Å²) in [5.74, 6) is 1.21. The Balaban J connectivity index is 1.35. The van der Waals surface area contributed by atoms with E-state index in [0.29, 0.717) is 17.7 Å². The van der Waals surface area contributed by atoms with Gasteiger partial charge in [0.05, 0.1) is 5.56 Å². The minimum atomic E-state index is 0.322. The first kappa shape index (κ1) is 26.5. The van der Waals surface area contributed by atoms with E-state index in [4.69, 9.17) is 13.8 Å². The molecule has 0 saturated carbocycles. The van der Waals surface area contributed by atoms with Crippen LogP contribution in [-0.4, -0.2) is 4.98 Å². The van der Waals surface area contributed by atoms with Gasteiger partial charge in [-0.05, 0) is 68.6 Å². The fraction of sp³-hybridized carbons (Fsp3) is 0.146. The molecule has 0 fully saturated rings. The summed E-state index contributed by atoms with van der Waals surface area (Å²) >= 11 is 0. The van der Waals surface area contributed by atoms with Gasteiger partial charge in [-0.3, -0.25) is 0 Å². The van der Waals surface area contributed by atoms with Gasteiger partial charge in [0.15, 0.2) is 5.58 Å². The molecule has 0 radical (unpaired) electrons. The number of furan rings is 1. The molecule has 0 unspecified atom stereocenters. The molecule has 0 saturated heterocycles. The minimum Gasteiger partial charge on any atom is -0.455 e. The summed E-state index contributed by atoms with van der Waals surface area (Å²) < 4.78 is 13.3. The Morgan fingerprint density at radius 3 is 2.00 bits per heavy atom. The molecule has 214 valence electrons. The van der Waals surface area contributed by atoms with Crippen LogP contribution in [0.3, 0.4) is 0 Å². The zero-order valence-electron chi connectivity index (χ0n) is 25.4. The third-order valence-electron chi connectivity index (χ3n) is 8.85. The lowest BCUT2D eigenvalue weighted by Crippen LogP contribution is -2.01. The second kappa shape index (κ2) is 10.2. The van der Waals surface area contributed by atoms with Crippen molar-refractivity contribution in [2.24, 2.45) is 0 Å². The first-order chi connectivity index (χ1) is 21.5. The van der Waals surface area contributed by atoms with Crippen LogP contribution in [0.1, 0.15) is 50.7 Å².